The van der Waals surface area contributed by atoms with Crippen molar-refractivity contribution in [1.29, 1.82) is 0 Å². The molecule has 0 spiro atoms. The van der Waals surface area contributed by atoms with Gasteiger partial charge in [-0.2, -0.15) is 0 Å². The highest BCUT2D eigenvalue weighted by Gasteiger charge is 2.26. The largest absolute Gasteiger partial charge is 0.303 e. The molecular weight excluding hydrogens is 500 g/mol. The van der Waals surface area contributed by atoms with Gasteiger partial charge in [-0.3, -0.25) is 4.39 Å². The van der Waals surface area contributed by atoms with Gasteiger partial charge in [0.05, 0.1) is 6.67 Å². The Labute approximate surface area is 222 Å². The molecule has 1 aliphatic carbocycles. The minimum absolute atomic E-state index is 0.226. The second-order valence-corrected chi connectivity index (χ2v) is 10.9. The number of rotatable bonds is 7. The van der Waals surface area contributed by atoms with Crippen molar-refractivity contribution in [3.05, 3.63) is 104 Å². The van der Waals surface area contributed by atoms with Gasteiger partial charge in [-0.1, -0.05) is 77.3 Å². The Balaban J connectivity index is 1.49. The molecule has 35 heavy (non-hydrogen) atoms. The first-order chi connectivity index (χ1) is 17.0. The number of nitrogens with zero attached hydrogens (tertiary/aromatic N) is 1. The van der Waals surface area contributed by atoms with Crippen molar-refractivity contribution in [2.24, 2.45) is 5.92 Å². The van der Waals surface area contributed by atoms with Crippen LogP contribution in [0, 0.1) is 5.92 Å². The second kappa shape index (κ2) is 11.0. The molecule has 5 heteroatoms. The molecule has 1 aliphatic heterocycles. The maximum absolute atomic E-state index is 12.4. The Hall–Kier alpha value is -1.84. The van der Waals surface area contributed by atoms with Gasteiger partial charge in [0.1, 0.15) is 0 Å². The maximum Gasteiger partial charge on any atom is 0.0906 e. The quantitative estimate of drug-likeness (QED) is 0.296. The van der Waals surface area contributed by atoms with Crippen LogP contribution in [0.4, 0.5) is 4.39 Å². The van der Waals surface area contributed by atoms with Crippen LogP contribution in [0.25, 0.3) is 11.1 Å². The molecule has 0 N–H and O–H groups in total. The maximum atomic E-state index is 12.4. The SMILES string of the molecule is FCCCN1CC(Cc2ccc(C3=C(c4ccc(Cl)cc4Cl)CCCc4c(Cl)cccc43)cc2)C1. The lowest BCUT2D eigenvalue weighted by molar-refractivity contribution is 0.0968. The number of hydrogen-bond acceptors (Lipinski definition) is 1. The van der Waals surface area contributed by atoms with Crippen molar-refractivity contribution < 1.29 is 4.39 Å². The third kappa shape index (κ3) is 5.47. The van der Waals surface area contributed by atoms with Crippen LogP contribution < -0.4 is 0 Å². The van der Waals surface area contributed by atoms with E-state index in [1.54, 1.807) is 0 Å². The highest BCUT2D eigenvalue weighted by atomic mass is 35.5. The molecule has 0 bridgehead atoms. The molecule has 0 saturated carbocycles. The van der Waals surface area contributed by atoms with E-state index in [4.69, 9.17) is 34.8 Å². The highest BCUT2D eigenvalue weighted by molar-refractivity contribution is 6.36. The van der Waals surface area contributed by atoms with E-state index in [1.165, 1.54) is 33.4 Å². The fourth-order valence-electron chi connectivity index (χ4n) is 5.52. The number of hydrogen-bond donors (Lipinski definition) is 0. The Bertz CT molecular complexity index is 1230. The van der Waals surface area contributed by atoms with Gasteiger partial charge in [0, 0.05) is 34.7 Å². The molecule has 1 fully saturated rings. The van der Waals surface area contributed by atoms with Gasteiger partial charge >= 0.3 is 0 Å². The number of halogens is 4. The van der Waals surface area contributed by atoms with Gasteiger partial charge in [-0.05, 0) is 95.2 Å². The van der Waals surface area contributed by atoms with E-state index in [9.17, 15) is 4.39 Å². The summed E-state index contributed by atoms with van der Waals surface area (Å²) in [7, 11) is 0. The lowest BCUT2D eigenvalue weighted by Crippen LogP contribution is -2.47. The van der Waals surface area contributed by atoms with E-state index in [-0.39, 0.29) is 6.67 Å². The predicted molar refractivity (Wildman–Crippen MR) is 147 cm³/mol. The zero-order valence-electron chi connectivity index (χ0n) is 19.7. The van der Waals surface area contributed by atoms with Crippen LogP contribution in [0.15, 0.2) is 60.7 Å². The molecule has 0 aromatic heterocycles. The monoisotopic (exact) mass is 527 g/mol. The zero-order valence-corrected chi connectivity index (χ0v) is 21.9. The molecule has 1 heterocycles. The van der Waals surface area contributed by atoms with Crippen LogP contribution in [0.1, 0.15) is 47.1 Å². The Morgan fingerprint density at radius 3 is 2.40 bits per heavy atom. The van der Waals surface area contributed by atoms with E-state index < -0.39 is 0 Å². The van der Waals surface area contributed by atoms with Gasteiger partial charge in [-0.25, -0.2) is 0 Å². The lowest BCUT2D eigenvalue weighted by atomic mass is 9.86. The molecule has 0 radical (unpaired) electrons. The number of fused-ring (bicyclic) bond motifs is 1. The van der Waals surface area contributed by atoms with Crippen molar-refractivity contribution in [2.45, 2.75) is 32.1 Å². The first-order valence-corrected chi connectivity index (χ1v) is 13.5. The molecule has 182 valence electrons. The summed E-state index contributed by atoms with van der Waals surface area (Å²) in [6.45, 7) is 2.78. The first kappa shape index (κ1) is 24.8. The van der Waals surface area contributed by atoms with Crippen LogP contribution >= 0.6 is 34.8 Å². The van der Waals surface area contributed by atoms with Gasteiger partial charge in [0.25, 0.3) is 0 Å². The van der Waals surface area contributed by atoms with Crippen LogP contribution in [0.2, 0.25) is 15.1 Å². The Kier molecular flexibility index (Phi) is 7.84. The minimum atomic E-state index is -0.226. The summed E-state index contributed by atoms with van der Waals surface area (Å²) < 4.78 is 12.4. The van der Waals surface area contributed by atoms with Gasteiger partial charge in [0.15, 0.2) is 0 Å². The fourth-order valence-corrected chi connectivity index (χ4v) is 6.31. The van der Waals surface area contributed by atoms with E-state index in [0.717, 1.165) is 55.9 Å². The summed E-state index contributed by atoms with van der Waals surface area (Å²) in [5, 5.41) is 2.14. The van der Waals surface area contributed by atoms with Crippen molar-refractivity contribution in [2.75, 3.05) is 26.3 Å². The van der Waals surface area contributed by atoms with E-state index in [2.05, 4.69) is 35.2 Å². The molecule has 2 aliphatic rings. The van der Waals surface area contributed by atoms with Gasteiger partial charge in [0.2, 0.25) is 0 Å². The van der Waals surface area contributed by atoms with Crippen molar-refractivity contribution >= 4 is 45.9 Å². The summed E-state index contributed by atoms with van der Waals surface area (Å²) in [6, 6.07) is 21.0. The second-order valence-electron chi connectivity index (χ2n) is 9.67. The molecular formula is C30H29Cl3FN. The summed E-state index contributed by atoms with van der Waals surface area (Å²) in [6.07, 6.45) is 4.56. The zero-order chi connectivity index (χ0) is 24.4. The average Bonchev–Trinajstić information content (AvgIpc) is 3.01. The molecule has 3 aromatic rings. The third-order valence-corrected chi connectivity index (χ3v) is 8.11. The predicted octanol–water partition coefficient (Wildman–Crippen LogP) is 8.78. The van der Waals surface area contributed by atoms with E-state index in [1.807, 2.05) is 30.3 Å². The topological polar surface area (TPSA) is 3.24 Å². The first-order valence-electron chi connectivity index (χ1n) is 12.4. The number of alkyl halides is 1. The van der Waals surface area contributed by atoms with Gasteiger partial charge < -0.3 is 4.90 Å². The molecule has 0 unspecified atom stereocenters. The van der Waals surface area contributed by atoms with E-state index in [0.29, 0.717) is 22.4 Å². The molecule has 3 aromatic carbocycles. The van der Waals surface area contributed by atoms with E-state index >= 15 is 0 Å². The average molecular weight is 529 g/mol. The number of allylic oxidation sites excluding steroid dienone is 1. The summed E-state index contributed by atoms with van der Waals surface area (Å²) in [5.41, 5.74) is 8.39. The van der Waals surface area contributed by atoms with Gasteiger partial charge in [-0.15, -0.1) is 0 Å². The minimum Gasteiger partial charge on any atom is -0.303 e. The summed E-state index contributed by atoms with van der Waals surface area (Å²) >= 11 is 19.6. The molecule has 5 rings (SSSR count). The van der Waals surface area contributed by atoms with Crippen molar-refractivity contribution in [3.63, 3.8) is 0 Å². The highest BCUT2D eigenvalue weighted by Crippen LogP contribution is 2.43. The smallest absolute Gasteiger partial charge is 0.0906 e. The van der Waals surface area contributed by atoms with Crippen molar-refractivity contribution in [1.82, 2.24) is 4.90 Å². The van der Waals surface area contributed by atoms with Crippen LogP contribution in [-0.4, -0.2) is 31.2 Å². The lowest BCUT2D eigenvalue weighted by Gasteiger charge is -2.39. The standard InChI is InChI=1S/C30H29Cl3FN/c31-23-12-13-25(29(33)17-23)27-5-1-4-24-26(6-2-7-28(24)32)30(27)22-10-8-20(9-11-22)16-21-18-35(19-21)15-3-14-34/h2,6-13,17,21H,1,3-5,14-16,18-19H2. The fraction of sp³-hybridized carbons (Fsp3) is 0.333. The van der Waals surface area contributed by atoms with Crippen LogP contribution in [0.3, 0.4) is 0 Å². The number of likely N-dealkylation sites (tertiary alicyclic amines) is 1. The molecule has 0 amide bonds. The van der Waals surface area contributed by atoms with Crippen molar-refractivity contribution in [3.8, 4) is 0 Å². The summed E-state index contributed by atoms with van der Waals surface area (Å²) in [5.74, 6) is 0.653. The van der Waals surface area contributed by atoms with Crippen LogP contribution in [0.5, 0.6) is 0 Å². The normalized spacial score (nSPS) is 16.7. The third-order valence-electron chi connectivity index (χ3n) is 7.21. The number of benzene rings is 3. The molecule has 0 atom stereocenters. The molecule has 1 saturated heterocycles. The Morgan fingerprint density at radius 2 is 1.66 bits per heavy atom. The Morgan fingerprint density at radius 1 is 0.857 bits per heavy atom. The summed E-state index contributed by atoms with van der Waals surface area (Å²) in [4.78, 5) is 2.35. The van der Waals surface area contributed by atoms with Crippen LogP contribution in [-0.2, 0) is 12.8 Å². The molecule has 1 nitrogen and oxygen atoms in total.